The van der Waals surface area contributed by atoms with Gasteiger partial charge in [-0.1, -0.05) is 35.3 Å². The zero-order chi connectivity index (χ0) is 17.5. The fourth-order valence-corrected chi connectivity index (χ4v) is 3.40. The molecule has 1 saturated heterocycles. The Balaban J connectivity index is 1.59. The van der Waals surface area contributed by atoms with Gasteiger partial charge in [-0.2, -0.15) is 0 Å². The zero-order valence-corrected chi connectivity index (χ0v) is 15.6. The van der Waals surface area contributed by atoms with Crippen molar-refractivity contribution in [2.75, 3.05) is 32.8 Å². The summed E-state index contributed by atoms with van der Waals surface area (Å²) in [5, 5.41) is 8.14. The number of rotatable bonds is 6. The van der Waals surface area contributed by atoms with E-state index in [1.165, 1.54) is 5.56 Å². The maximum absolute atomic E-state index is 6.19. The van der Waals surface area contributed by atoms with E-state index in [0.29, 0.717) is 22.6 Å². The van der Waals surface area contributed by atoms with Crippen molar-refractivity contribution in [3.05, 3.63) is 63.9 Å². The van der Waals surface area contributed by atoms with Crippen LogP contribution in [0.4, 0.5) is 0 Å². The molecule has 6 heteroatoms. The van der Waals surface area contributed by atoms with E-state index in [9.17, 15) is 0 Å². The van der Waals surface area contributed by atoms with E-state index in [4.69, 9.17) is 27.9 Å². The van der Waals surface area contributed by atoms with E-state index in [2.05, 4.69) is 21.7 Å². The number of aromatic nitrogens is 1. The minimum absolute atomic E-state index is 0.00987. The van der Waals surface area contributed by atoms with Gasteiger partial charge in [-0.3, -0.25) is 4.98 Å². The van der Waals surface area contributed by atoms with Crippen LogP contribution in [-0.2, 0) is 11.2 Å². The Bertz CT molecular complexity index is 669. The van der Waals surface area contributed by atoms with Crippen molar-refractivity contribution >= 4 is 23.2 Å². The average molecular weight is 380 g/mol. The van der Waals surface area contributed by atoms with Crippen molar-refractivity contribution in [2.24, 2.45) is 5.92 Å². The molecule has 134 valence electrons. The molecular formula is C19H23Cl2N3O. The highest BCUT2D eigenvalue weighted by molar-refractivity contribution is 6.42. The molecule has 2 aromatic rings. The van der Waals surface area contributed by atoms with Gasteiger partial charge in [0.2, 0.25) is 0 Å². The molecule has 2 heterocycles. The predicted octanol–water partition coefficient (Wildman–Crippen LogP) is 3.50. The molecule has 2 unspecified atom stereocenters. The Kier molecular flexibility index (Phi) is 7.08. The Hall–Kier alpha value is -1.17. The van der Waals surface area contributed by atoms with E-state index >= 15 is 0 Å². The van der Waals surface area contributed by atoms with Gasteiger partial charge in [-0.15, -0.1) is 0 Å². The van der Waals surface area contributed by atoms with Crippen molar-refractivity contribution in [3.63, 3.8) is 0 Å². The number of hydrogen-bond acceptors (Lipinski definition) is 4. The minimum atomic E-state index is 0.00987. The van der Waals surface area contributed by atoms with Crippen molar-refractivity contribution in [1.82, 2.24) is 15.6 Å². The molecule has 1 fully saturated rings. The molecule has 25 heavy (non-hydrogen) atoms. The lowest BCUT2D eigenvalue weighted by Gasteiger charge is -2.26. The van der Waals surface area contributed by atoms with E-state index in [-0.39, 0.29) is 6.10 Å². The van der Waals surface area contributed by atoms with Crippen LogP contribution in [-0.4, -0.2) is 37.8 Å². The third-order valence-corrected chi connectivity index (χ3v) is 5.14. The molecule has 3 rings (SSSR count). The standard InChI is InChI=1S/C19H23Cl2N3O/c20-17-4-3-15(10-18(17)21)19-16(13-24-8-9-25-19)12-23-7-5-14-2-1-6-22-11-14/h1-4,6,10-11,16,19,23-24H,5,7-9,12-13H2. The lowest BCUT2D eigenvalue weighted by atomic mass is 9.95. The normalized spacial score (nSPS) is 21.0. The number of hydrogen-bond donors (Lipinski definition) is 2. The summed E-state index contributed by atoms with van der Waals surface area (Å²) < 4.78 is 6.10. The molecule has 0 bridgehead atoms. The van der Waals surface area contributed by atoms with E-state index in [1.54, 1.807) is 6.20 Å². The molecule has 1 aliphatic rings. The highest BCUT2D eigenvalue weighted by Gasteiger charge is 2.26. The van der Waals surface area contributed by atoms with Gasteiger partial charge in [0.1, 0.15) is 0 Å². The van der Waals surface area contributed by atoms with Crippen molar-refractivity contribution in [1.29, 1.82) is 0 Å². The van der Waals surface area contributed by atoms with Gasteiger partial charge in [-0.05, 0) is 42.3 Å². The number of nitrogens with zero attached hydrogens (tertiary/aromatic N) is 1. The Labute approximate surface area is 158 Å². The molecule has 0 amide bonds. The molecule has 4 nitrogen and oxygen atoms in total. The Morgan fingerprint density at radius 1 is 1.24 bits per heavy atom. The second kappa shape index (κ2) is 9.51. The number of benzene rings is 1. The van der Waals surface area contributed by atoms with Crippen LogP contribution in [0, 0.1) is 5.92 Å². The summed E-state index contributed by atoms with van der Waals surface area (Å²) in [6.07, 6.45) is 4.69. The number of pyridine rings is 1. The first-order valence-electron chi connectivity index (χ1n) is 8.61. The van der Waals surface area contributed by atoms with Gasteiger partial charge in [-0.25, -0.2) is 0 Å². The smallest absolute Gasteiger partial charge is 0.0878 e. The van der Waals surface area contributed by atoms with Gasteiger partial charge < -0.3 is 15.4 Å². The van der Waals surface area contributed by atoms with Gasteiger partial charge in [0, 0.05) is 37.9 Å². The summed E-state index contributed by atoms with van der Waals surface area (Å²) in [6, 6.07) is 9.84. The minimum Gasteiger partial charge on any atom is -0.372 e. The average Bonchev–Trinajstić information content (AvgIpc) is 2.87. The lowest BCUT2D eigenvalue weighted by molar-refractivity contribution is 0.0308. The molecule has 0 saturated carbocycles. The summed E-state index contributed by atoms with van der Waals surface area (Å²) in [5.74, 6) is 0.327. The van der Waals surface area contributed by atoms with Gasteiger partial charge in [0.15, 0.2) is 0 Å². The van der Waals surface area contributed by atoms with E-state index < -0.39 is 0 Å². The molecular weight excluding hydrogens is 357 g/mol. The molecule has 0 aliphatic carbocycles. The predicted molar refractivity (Wildman–Crippen MR) is 102 cm³/mol. The van der Waals surface area contributed by atoms with E-state index in [0.717, 1.165) is 38.2 Å². The molecule has 1 aromatic heterocycles. The van der Waals surface area contributed by atoms with Crippen LogP contribution in [0.15, 0.2) is 42.7 Å². The Morgan fingerprint density at radius 2 is 2.16 bits per heavy atom. The number of nitrogens with one attached hydrogen (secondary N) is 2. The quantitative estimate of drug-likeness (QED) is 0.754. The SMILES string of the molecule is Clc1ccc(C2OCCNCC2CNCCc2cccnc2)cc1Cl. The maximum atomic E-state index is 6.19. The fraction of sp³-hybridized carbons (Fsp3) is 0.421. The molecule has 2 N–H and O–H groups in total. The van der Waals surface area contributed by atoms with Crippen LogP contribution in [0.25, 0.3) is 0 Å². The lowest BCUT2D eigenvalue weighted by Crippen LogP contribution is -2.34. The summed E-state index contributed by atoms with van der Waals surface area (Å²) in [6.45, 7) is 4.25. The van der Waals surface area contributed by atoms with Crippen LogP contribution >= 0.6 is 23.2 Å². The van der Waals surface area contributed by atoms with Crippen molar-refractivity contribution in [3.8, 4) is 0 Å². The van der Waals surface area contributed by atoms with Crippen LogP contribution in [0.1, 0.15) is 17.2 Å². The summed E-state index contributed by atoms with van der Waals surface area (Å²) in [4.78, 5) is 4.15. The van der Waals surface area contributed by atoms with Crippen LogP contribution in [0.3, 0.4) is 0 Å². The molecule has 0 radical (unpaired) electrons. The van der Waals surface area contributed by atoms with Gasteiger partial charge in [0.05, 0.1) is 22.8 Å². The topological polar surface area (TPSA) is 46.2 Å². The maximum Gasteiger partial charge on any atom is 0.0878 e. The fourth-order valence-electron chi connectivity index (χ4n) is 3.09. The second-order valence-electron chi connectivity index (χ2n) is 6.24. The summed E-state index contributed by atoms with van der Waals surface area (Å²) >= 11 is 12.2. The summed E-state index contributed by atoms with van der Waals surface area (Å²) in [7, 11) is 0. The number of ether oxygens (including phenoxy) is 1. The number of halogens is 2. The molecule has 1 aliphatic heterocycles. The van der Waals surface area contributed by atoms with Crippen molar-refractivity contribution in [2.45, 2.75) is 12.5 Å². The van der Waals surface area contributed by atoms with Gasteiger partial charge in [0.25, 0.3) is 0 Å². The van der Waals surface area contributed by atoms with Crippen LogP contribution in [0.5, 0.6) is 0 Å². The first-order valence-corrected chi connectivity index (χ1v) is 9.36. The monoisotopic (exact) mass is 379 g/mol. The highest BCUT2D eigenvalue weighted by atomic mass is 35.5. The highest BCUT2D eigenvalue weighted by Crippen LogP contribution is 2.31. The molecule has 2 atom stereocenters. The first-order chi connectivity index (χ1) is 12.2. The second-order valence-corrected chi connectivity index (χ2v) is 7.06. The third kappa shape index (κ3) is 5.40. The van der Waals surface area contributed by atoms with Crippen LogP contribution < -0.4 is 10.6 Å². The summed E-state index contributed by atoms with van der Waals surface area (Å²) in [5.41, 5.74) is 2.32. The molecule has 0 spiro atoms. The van der Waals surface area contributed by atoms with Gasteiger partial charge >= 0.3 is 0 Å². The third-order valence-electron chi connectivity index (χ3n) is 4.40. The Morgan fingerprint density at radius 3 is 2.96 bits per heavy atom. The largest absolute Gasteiger partial charge is 0.372 e. The van der Waals surface area contributed by atoms with Crippen molar-refractivity contribution < 1.29 is 4.74 Å². The van der Waals surface area contributed by atoms with Crippen LogP contribution in [0.2, 0.25) is 10.0 Å². The van der Waals surface area contributed by atoms with E-state index in [1.807, 2.05) is 30.5 Å². The first kappa shape index (κ1) is 18.6. The zero-order valence-electron chi connectivity index (χ0n) is 14.1. The molecule has 1 aromatic carbocycles.